The number of amides is 1. The van der Waals surface area contributed by atoms with Crippen LogP contribution in [0.5, 0.6) is 0 Å². The number of nitrogens with one attached hydrogen (secondary N) is 1. The molecule has 2 rings (SSSR count). The lowest BCUT2D eigenvalue weighted by atomic mass is 9.82. The fourth-order valence-corrected chi connectivity index (χ4v) is 3.62. The summed E-state index contributed by atoms with van der Waals surface area (Å²) in [6.07, 6.45) is 6.36. The SMILES string of the molecule is CC1CCCC(CNCC(=O)N2CCC(C(=O)O)CC2)C1. The van der Waals surface area contributed by atoms with Crippen LogP contribution in [0.25, 0.3) is 0 Å². The van der Waals surface area contributed by atoms with Gasteiger partial charge in [0, 0.05) is 13.1 Å². The minimum absolute atomic E-state index is 0.114. The summed E-state index contributed by atoms with van der Waals surface area (Å²) < 4.78 is 0. The second kappa shape index (κ2) is 7.78. The van der Waals surface area contributed by atoms with Crippen LogP contribution in [0.4, 0.5) is 0 Å². The molecule has 2 atom stereocenters. The van der Waals surface area contributed by atoms with Crippen LogP contribution in [-0.4, -0.2) is 48.1 Å². The number of carboxylic acid groups (broad SMARTS) is 1. The second-order valence-electron chi connectivity index (χ2n) is 6.76. The lowest BCUT2D eigenvalue weighted by molar-refractivity contribution is -0.145. The molecule has 2 unspecified atom stereocenters. The Morgan fingerprint density at radius 1 is 1.19 bits per heavy atom. The topological polar surface area (TPSA) is 69.6 Å². The number of hydrogen-bond acceptors (Lipinski definition) is 3. The zero-order valence-electron chi connectivity index (χ0n) is 13.0. The highest BCUT2D eigenvalue weighted by Gasteiger charge is 2.26. The van der Waals surface area contributed by atoms with Crippen LogP contribution in [0, 0.1) is 17.8 Å². The molecule has 0 spiro atoms. The smallest absolute Gasteiger partial charge is 0.306 e. The van der Waals surface area contributed by atoms with E-state index in [4.69, 9.17) is 5.11 Å². The van der Waals surface area contributed by atoms with Crippen LogP contribution in [0.3, 0.4) is 0 Å². The first kappa shape index (κ1) is 16.3. The van der Waals surface area contributed by atoms with Crippen LogP contribution in [0.15, 0.2) is 0 Å². The molecule has 5 heteroatoms. The maximum atomic E-state index is 12.1. The zero-order chi connectivity index (χ0) is 15.2. The van der Waals surface area contributed by atoms with Gasteiger partial charge in [-0.05, 0) is 44.1 Å². The summed E-state index contributed by atoms with van der Waals surface area (Å²) in [6, 6.07) is 0. The molecule has 1 saturated carbocycles. The van der Waals surface area contributed by atoms with Gasteiger partial charge in [-0.1, -0.05) is 19.8 Å². The van der Waals surface area contributed by atoms with Gasteiger partial charge in [-0.2, -0.15) is 0 Å². The monoisotopic (exact) mass is 296 g/mol. The first-order chi connectivity index (χ1) is 10.1. The highest BCUT2D eigenvalue weighted by Crippen LogP contribution is 2.27. The van der Waals surface area contributed by atoms with Crippen LogP contribution < -0.4 is 5.32 Å². The Hall–Kier alpha value is -1.10. The van der Waals surface area contributed by atoms with Gasteiger partial charge in [-0.15, -0.1) is 0 Å². The van der Waals surface area contributed by atoms with Crippen molar-refractivity contribution in [3.8, 4) is 0 Å². The van der Waals surface area contributed by atoms with E-state index in [9.17, 15) is 9.59 Å². The van der Waals surface area contributed by atoms with Crippen molar-refractivity contribution in [3.05, 3.63) is 0 Å². The van der Waals surface area contributed by atoms with Gasteiger partial charge in [-0.3, -0.25) is 9.59 Å². The standard InChI is InChI=1S/C16H28N2O3/c1-12-3-2-4-13(9-12)10-17-11-15(19)18-7-5-14(6-8-18)16(20)21/h12-14,17H,2-11H2,1H3,(H,20,21). The number of piperidine rings is 1. The highest BCUT2D eigenvalue weighted by atomic mass is 16.4. The molecule has 5 nitrogen and oxygen atoms in total. The number of nitrogens with zero attached hydrogens (tertiary/aromatic N) is 1. The number of hydrogen-bond donors (Lipinski definition) is 2. The average Bonchev–Trinajstić information content (AvgIpc) is 2.47. The molecule has 1 saturated heterocycles. The molecule has 1 aliphatic heterocycles. The van der Waals surface area contributed by atoms with Crippen molar-refractivity contribution in [2.45, 2.75) is 45.4 Å². The summed E-state index contributed by atoms with van der Waals surface area (Å²) in [6.45, 7) is 4.80. The Kier molecular flexibility index (Phi) is 6.03. The number of aliphatic carboxylic acids is 1. The van der Waals surface area contributed by atoms with E-state index >= 15 is 0 Å². The van der Waals surface area contributed by atoms with E-state index in [1.807, 2.05) is 0 Å². The number of carbonyl (C=O) groups excluding carboxylic acids is 1. The molecule has 0 aromatic rings. The maximum absolute atomic E-state index is 12.1. The van der Waals surface area contributed by atoms with Crippen molar-refractivity contribution in [2.24, 2.45) is 17.8 Å². The molecule has 2 fully saturated rings. The molecular formula is C16H28N2O3. The highest BCUT2D eigenvalue weighted by molar-refractivity contribution is 5.78. The van der Waals surface area contributed by atoms with E-state index in [1.165, 1.54) is 25.7 Å². The summed E-state index contributed by atoms with van der Waals surface area (Å²) in [5, 5.41) is 12.3. The predicted molar refractivity (Wildman–Crippen MR) is 80.9 cm³/mol. The van der Waals surface area contributed by atoms with E-state index in [0.717, 1.165) is 12.5 Å². The Bertz CT molecular complexity index is 365. The minimum Gasteiger partial charge on any atom is -0.481 e. The predicted octanol–water partition coefficient (Wildman–Crippen LogP) is 1.73. The molecule has 1 amide bonds. The summed E-state index contributed by atoms with van der Waals surface area (Å²) in [7, 11) is 0. The van der Waals surface area contributed by atoms with Crippen LogP contribution >= 0.6 is 0 Å². The number of carboxylic acids is 1. The number of carbonyl (C=O) groups is 2. The summed E-state index contributed by atoms with van der Waals surface area (Å²) in [5.41, 5.74) is 0. The van der Waals surface area contributed by atoms with Crippen molar-refractivity contribution < 1.29 is 14.7 Å². The Balaban J connectivity index is 1.62. The van der Waals surface area contributed by atoms with Gasteiger partial charge in [0.25, 0.3) is 0 Å². The van der Waals surface area contributed by atoms with Crippen LogP contribution in [0.2, 0.25) is 0 Å². The summed E-state index contributed by atoms with van der Waals surface area (Å²) >= 11 is 0. The van der Waals surface area contributed by atoms with E-state index in [0.29, 0.717) is 38.4 Å². The van der Waals surface area contributed by atoms with Gasteiger partial charge in [-0.25, -0.2) is 0 Å². The molecule has 21 heavy (non-hydrogen) atoms. The van der Waals surface area contributed by atoms with Gasteiger partial charge in [0.05, 0.1) is 12.5 Å². The van der Waals surface area contributed by atoms with Crippen molar-refractivity contribution in [1.29, 1.82) is 0 Å². The van der Waals surface area contributed by atoms with Crippen LogP contribution in [-0.2, 0) is 9.59 Å². The van der Waals surface area contributed by atoms with Gasteiger partial charge in [0.15, 0.2) is 0 Å². The summed E-state index contributed by atoms with van der Waals surface area (Å²) in [4.78, 5) is 24.8. The molecule has 2 N–H and O–H groups in total. The fraction of sp³-hybridized carbons (Fsp3) is 0.875. The molecule has 0 aromatic heterocycles. The zero-order valence-corrected chi connectivity index (χ0v) is 13.0. The second-order valence-corrected chi connectivity index (χ2v) is 6.76. The lowest BCUT2D eigenvalue weighted by Crippen LogP contribution is -2.44. The maximum Gasteiger partial charge on any atom is 0.306 e. The van der Waals surface area contributed by atoms with Crippen molar-refractivity contribution >= 4 is 11.9 Å². The van der Waals surface area contributed by atoms with Gasteiger partial charge >= 0.3 is 5.97 Å². The fourth-order valence-electron chi connectivity index (χ4n) is 3.62. The Morgan fingerprint density at radius 2 is 1.90 bits per heavy atom. The molecule has 2 aliphatic rings. The minimum atomic E-state index is -0.730. The van der Waals surface area contributed by atoms with E-state index in [2.05, 4.69) is 12.2 Å². The first-order valence-electron chi connectivity index (χ1n) is 8.27. The normalized spacial score (nSPS) is 27.6. The summed E-state index contributed by atoms with van der Waals surface area (Å²) in [5.74, 6) is 0.635. The Morgan fingerprint density at radius 3 is 2.52 bits per heavy atom. The average molecular weight is 296 g/mol. The number of likely N-dealkylation sites (tertiary alicyclic amines) is 1. The largest absolute Gasteiger partial charge is 0.481 e. The van der Waals surface area contributed by atoms with Gasteiger partial charge in [0.2, 0.25) is 5.91 Å². The third-order valence-electron chi connectivity index (χ3n) is 4.95. The molecule has 120 valence electrons. The first-order valence-corrected chi connectivity index (χ1v) is 8.27. The van der Waals surface area contributed by atoms with E-state index in [1.54, 1.807) is 4.90 Å². The van der Waals surface area contributed by atoms with E-state index in [-0.39, 0.29) is 11.8 Å². The van der Waals surface area contributed by atoms with Crippen molar-refractivity contribution in [3.63, 3.8) is 0 Å². The molecule has 0 radical (unpaired) electrons. The Labute approximate surface area is 127 Å². The molecular weight excluding hydrogens is 268 g/mol. The third kappa shape index (κ3) is 4.99. The molecule has 0 bridgehead atoms. The third-order valence-corrected chi connectivity index (χ3v) is 4.95. The molecule has 0 aromatic carbocycles. The van der Waals surface area contributed by atoms with E-state index < -0.39 is 5.97 Å². The quantitative estimate of drug-likeness (QED) is 0.810. The van der Waals surface area contributed by atoms with Crippen LogP contribution in [0.1, 0.15) is 45.4 Å². The molecule has 1 heterocycles. The van der Waals surface area contributed by atoms with Gasteiger partial charge < -0.3 is 15.3 Å². The lowest BCUT2D eigenvalue weighted by Gasteiger charge is -2.31. The molecule has 1 aliphatic carbocycles. The van der Waals surface area contributed by atoms with Gasteiger partial charge in [0.1, 0.15) is 0 Å². The number of rotatable bonds is 5. The van der Waals surface area contributed by atoms with Crippen molar-refractivity contribution in [1.82, 2.24) is 10.2 Å². The van der Waals surface area contributed by atoms with Crippen molar-refractivity contribution in [2.75, 3.05) is 26.2 Å².